The number of hydrogen-bond donors (Lipinski definition) is 2. The molecule has 0 bridgehead atoms. The summed E-state index contributed by atoms with van der Waals surface area (Å²) in [6, 6.07) is 6.16. The van der Waals surface area contributed by atoms with Gasteiger partial charge in [-0.15, -0.1) is 0 Å². The van der Waals surface area contributed by atoms with Gasteiger partial charge >= 0.3 is 0 Å². The van der Waals surface area contributed by atoms with Crippen molar-refractivity contribution in [3.8, 4) is 5.75 Å². The second-order valence-electron chi connectivity index (χ2n) is 5.60. The SMILES string of the molecule is COc1ccc2c(CC3CCCC3O)c(C)[nH]c2c1. The minimum atomic E-state index is -0.123. The highest BCUT2D eigenvalue weighted by molar-refractivity contribution is 5.85. The van der Waals surface area contributed by atoms with Crippen LogP contribution in [0.5, 0.6) is 5.75 Å². The molecule has 2 atom stereocenters. The zero-order valence-electron chi connectivity index (χ0n) is 11.6. The highest BCUT2D eigenvalue weighted by atomic mass is 16.5. The average molecular weight is 259 g/mol. The predicted octanol–water partition coefficient (Wildman–Crippen LogP) is 3.19. The van der Waals surface area contributed by atoms with Crippen LogP contribution in [-0.4, -0.2) is 23.3 Å². The summed E-state index contributed by atoms with van der Waals surface area (Å²) in [6.45, 7) is 2.11. The van der Waals surface area contributed by atoms with Crippen molar-refractivity contribution < 1.29 is 9.84 Å². The molecule has 1 heterocycles. The van der Waals surface area contributed by atoms with E-state index in [0.717, 1.165) is 36.9 Å². The number of ether oxygens (including phenoxy) is 1. The van der Waals surface area contributed by atoms with E-state index in [4.69, 9.17) is 4.74 Å². The van der Waals surface area contributed by atoms with Crippen LogP contribution in [0.2, 0.25) is 0 Å². The van der Waals surface area contributed by atoms with Crippen molar-refractivity contribution in [3.05, 3.63) is 29.5 Å². The maximum absolute atomic E-state index is 10.0. The van der Waals surface area contributed by atoms with Crippen LogP contribution in [0.1, 0.15) is 30.5 Å². The van der Waals surface area contributed by atoms with Crippen LogP contribution in [-0.2, 0) is 6.42 Å². The number of fused-ring (bicyclic) bond motifs is 1. The Kier molecular flexibility index (Phi) is 3.23. The Morgan fingerprint density at radius 1 is 1.37 bits per heavy atom. The van der Waals surface area contributed by atoms with E-state index in [-0.39, 0.29) is 6.10 Å². The summed E-state index contributed by atoms with van der Waals surface area (Å²) in [7, 11) is 1.69. The number of methoxy groups -OCH3 is 1. The first-order valence-corrected chi connectivity index (χ1v) is 7.02. The van der Waals surface area contributed by atoms with Gasteiger partial charge in [-0.3, -0.25) is 0 Å². The minimum absolute atomic E-state index is 0.123. The number of hydrogen-bond acceptors (Lipinski definition) is 2. The monoisotopic (exact) mass is 259 g/mol. The van der Waals surface area contributed by atoms with Crippen molar-refractivity contribution in [3.63, 3.8) is 0 Å². The number of nitrogens with one attached hydrogen (secondary N) is 1. The highest BCUT2D eigenvalue weighted by Gasteiger charge is 2.26. The number of aliphatic hydroxyl groups is 1. The van der Waals surface area contributed by atoms with Crippen molar-refractivity contribution in [1.29, 1.82) is 0 Å². The first-order valence-electron chi connectivity index (χ1n) is 7.02. The third-order valence-electron chi connectivity index (χ3n) is 4.41. The largest absolute Gasteiger partial charge is 0.497 e. The van der Waals surface area contributed by atoms with Gasteiger partial charge in [-0.25, -0.2) is 0 Å². The molecule has 102 valence electrons. The van der Waals surface area contributed by atoms with Crippen molar-refractivity contribution >= 4 is 10.9 Å². The van der Waals surface area contributed by atoms with Gasteiger partial charge in [-0.1, -0.05) is 6.42 Å². The summed E-state index contributed by atoms with van der Waals surface area (Å²) in [5, 5.41) is 11.3. The standard InChI is InChI=1S/C16H21NO2/c1-10-14(8-11-4-3-5-16(11)18)13-7-6-12(19-2)9-15(13)17-10/h6-7,9,11,16-18H,3-5,8H2,1-2H3. The number of aliphatic hydroxyl groups excluding tert-OH is 1. The molecule has 1 saturated carbocycles. The third kappa shape index (κ3) is 2.23. The maximum Gasteiger partial charge on any atom is 0.120 e. The smallest absolute Gasteiger partial charge is 0.120 e. The quantitative estimate of drug-likeness (QED) is 0.889. The Hall–Kier alpha value is -1.48. The molecule has 1 aromatic carbocycles. The van der Waals surface area contributed by atoms with Crippen LogP contribution in [0.15, 0.2) is 18.2 Å². The molecule has 1 fully saturated rings. The molecular formula is C16H21NO2. The molecule has 1 aliphatic carbocycles. The van der Waals surface area contributed by atoms with Crippen LogP contribution >= 0.6 is 0 Å². The fourth-order valence-corrected chi connectivity index (χ4v) is 3.28. The van der Waals surface area contributed by atoms with E-state index in [9.17, 15) is 5.11 Å². The molecular weight excluding hydrogens is 238 g/mol. The third-order valence-corrected chi connectivity index (χ3v) is 4.41. The number of rotatable bonds is 3. The van der Waals surface area contributed by atoms with Gasteiger partial charge in [0.25, 0.3) is 0 Å². The molecule has 1 aliphatic rings. The van der Waals surface area contributed by atoms with Crippen LogP contribution < -0.4 is 4.74 Å². The second kappa shape index (κ2) is 4.89. The van der Waals surface area contributed by atoms with E-state index in [1.807, 2.05) is 12.1 Å². The zero-order chi connectivity index (χ0) is 13.4. The van der Waals surface area contributed by atoms with Gasteiger partial charge in [0.2, 0.25) is 0 Å². The van der Waals surface area contributed by atoms with Crippen molar-refractivity contribution in [2.45, 2.75) is 38.7 Å². The Bertz CT molecular complexity index is 588. The van der Waals surface area contributed by atoms with Gasteiger partial charge in [0, 0.05) is 22.7 Å². The fourth-order valence-electron chi connectivity index (χ4n) is 3.28. The summed E-state index contributed by atoms with van der Waals surface area (Å²) in [4.78, 5) is 3.43. The molecule has 0 saturated heterocycles. The van der Waals surface area contributed by atoms with Crippen LogP contribution in [0.4, 0.5) is 0 Å². The molecule has 1 aromatic heterocycles. The summed E-state index contributed by atoms with van der Waals surface area (Å²) in [5.41, 5.74) is 3.69. The number of aryl methyl sites for hydroxylation is 1. The van der Waals surface area contributed by atoms with Gasteiger partial charge in [0.15, 0.2) is 0 Å². The van der Waals surface area contributed by atoms with E-state index in [1.54, 1.807) is 7.11 Å². The second-order valence-corrected chi connectivity index (χ2v) is 5.60. The molecule has 0 radical (unpaired) electrons. The Balaban J connectivity index is 1.96. The topological polar surface area (TPSA) is 45.2 Å². The van der Waals surface area contributed by atoms with Gasteiger partial charge in [-0.05, 0) is 49.8 Å². The molecule has 3 rings (SSSR count). The van der Waals surface area contributed by atoms with E-state index in [1.165, 1.54) is 16.6 Å². The maximum atomic E-state index is 10.0. The molecule has 0 spiro atoms. The highest BCUT2D eigenvalue weighted by Crippen LogP contribution is 2.33. The van der Waals surface area contributed by atoms with E-state index < -0.39 is 0 Å². The Morgan fingerprint density at radius 3 is 2.89 bits per heavy atom. The molecule has 0 amide bonds. The van der Waals surface area contributed by atoms with E-state index in [0.29, 0.717) is 5.92 Å². The lowest BCUT2D eigenvalue weighted by Crippen LogP contribution is -2.15. The lowest BCUT2D eigenvalue weighted by Gasteiger charge is -2.14. The molecule has 3 heteroatoms. The number of H-pyrrole nitrogens is 1. The summed E-state index contributed by atoms with van der Waals surface area (Å²) >= 11 is 0. The first-order chi connectivity index (χ1) is 9.19. The lowest BCUT2D eigenvalue weighted by molar-refractivity contribution is 0.133. The van der Waals surface area contributed by atoms with Gasteiger partial charge in [0.1, 0.15) is 5.75 Å². The molecule has 0 aliphatic heterocycles. The summed E-state index contributed by atoms with van der Waals surface area (Å²) in [5.74, 6) is 1.29. The van der Waals surface area contributed by atoms with Crippen LogP contribution in [0.25, 0.3) is 10.9 Å². The lowest BCUT2D eigenvalue weighted by atomic mass is 9.94. The zero-order valence-corrected chi connectivity index (χ0v) is 11.6. The van der Waals surface area contributed by atoms with Crippen molar-refractivity contribution in [2.24, 2.45) is 5.92 Å². The first kappa shape index (κ1) is 12.5. The summed E-state index contributed by atoms with van der Waals surface area (Å²) in [6.07, 6.45) is 4.10. The van der Waals surface area contributed by atoms with Crippen LogP contribution in [0, 0.1) is 12.8 Å². The molecule has 3 nitrogen and oxygen atoms in total. The average Bonchev–Trinajstić information content (AvgIpc) is 2.94. The van der Waals surface area contributed by atoms with Gasteiger partial charge < -0.3 is 14.8 Å². The van der Waals surface area contributed by atoms with Gasteiger partial charge in [0.05, 0.1) is 13.2 Å². The number of aromatic nitrogens is 1. The normalized spacial score (nSPS) is 23.1. The minimum Gasteiger partial charge on any atom is -0.497 e. The predicted molar refractivity (Wildman–Crippen MR) is 76.6 cm³/mol. The Labute approximate surface area is 113 Å². The van der Waals surface area contributed by atoms with E-state index in [2.05, 4.69) is 18.0 Å². The molecule has 2 N–H and O–H groups in total. The van der Waals surface area contributed by atoms with Gasteiger partial charge in [-0.2, -0.15) is 0 Å². The fraction of sp³-hybridized carbons (Fsp3) is 0.500. The van der Waals surface area contributed by atoms with Crippen LogP contribution in [0.3, 0.4) is 0 Å². The molecule has 19 heavy (non-hydrogen) atoms. The molecule has 2 unspecified atom stereocenters. The van der Waals surface area contributed by atoms with Crippen molar-refractivity contribution in [2.75, 3.05) is 7.11 Å². The number of benzene rings is 1. The van der Waals surface area contributed by atoms with E-state index >= 15 is 0 Å². The van der Waals surface area contributed by atoms with Crippen molar-refractivity contribution in [1.82, 2.24) is 4.98 Å². The number of aromatic amines is 1. The summed E-state index contributed by atoms with van der Waals surface area (Å²) < 4.78 is 5.26. The molecule has 2 aromatic rings. The Morgan fingerprint density at radius 2 is 2.21 bits per heavy atom.